The van der Waals surface area contributed by atoms with Crippen LogP contribution in [-0.4, -0.2) is 32.7 Å². The predicted octanol–water partition coefficient (Wildman–Crippen LogP) is 4.52. The number of methoxy groups -OCH3 is 1. The van der Waals surface area contributed by atoms with Gasteiger partial charge in [-0.2, -0.15) is 4.98 Å². The molecule has 0 bridgehead atoms. The Morgan fingerprint density at radius 2 is 1.88 bits per heavy atom. The molecule has 1 amide bonds. The van der Waals surface area contributed by atoms with Crippen LogP contribution in [0, 0.1) is 0 Å². The van der Waals surface area contributed by atoms with Crippen molar-refractivity contribution in [2.45, 2.75) is 38.6 Å². The first kappa shape index (κ1) is 20.9. The lowest BCUT2D eigenvalue weighted by Gasteiger charge is -2.16. The molecule has 0 atom stereocenters. The van der Waals surface area contributed by atoms with Crippen molar-refractivity contribution in [3.63, 3.8) is 0 Å². The maximum absolute atomic E-state index is 12.4. The average molecular weight is 444 g/mol. The molecule has 0 fully saturated rings. The number of hydrogen-bond acceptors (Lipinski definition) is 6. The molecule has 8 heteroatoms. The highest BCUT2D eigenvalue weighted by Crippen LogP contribution is 2.26. The van der Waals surface area contributed by atoms with E-state index in [1.807, 2.05) is 54.7 Å². The molecule has 1 aliphatic rings. The van der Waals surface area contributed by atoms with Crippen LogP contribution >= 0.6 is 0 Å². The molecule has 2 aromatic carbocycles. The minimum atomic E-state index is -0.106. The fourth-order valence-electron chi connectivity index (χ4n) is 4.03. The normalized spacial score (nSPS) is 12.9. The first-order valence-electron chi connectivity index (χ1n) is 11.1. The van der Waals surface area contributed by atoms with Gasteiger partial charge in [0.05, 0.1) is 7.11 Å². The van der Waals surface area contributed by atoms with Crippen LogP contribution in [0.3, 0.4) is 0 Å². The lowest BCUT2D eigenvalue weighted by atomic mass is 10.1. The number of nitrogens with one attached hydrogen (secondary N) is 1. The summed E-state index contributed by atoms with van der Waals surface area (Å²) in [4.78, 5) is 21.4. The Hall–Kier alpha value is -3.94. The van der Waals surface area contributed by atoms with Gasteiger partial charge in [0, 0.05) is 48.1 Å². The maximum Gasteiger partial charge on any atom is 0.227 e. The van der Waals surface area contributed by atoms with E-state index < -0.39 is 0 Å². The highest BCUT2D eigenvalue weighted by molar-refractivity contribution is 5.91. The minimum absolute atomic E-state index is 0.106. The molecule has 4 aromatic rings. The number of aryl methyl sites for hydroxylation is 2. The second-order valence-electron chi connectivity index (χ2n) is 8.05. The largest absolute Gasteiger partial charge is 0.497 e. The molecular formula is C25H25N5O3. The van der Waals surface area contributed by atoms with Gasteiger partial charge < -0.3 is 19.1 Å². The molecule has 0 radical (unpaired) electrons. The van der Waals surface area contributed by atoms with Crippen LogP contribution in [-0.2, 0) is 24.2 Å². The number of ether oxygens (including phenoxy) is 1. The molecule has 0 spiro atoms. The molecule has 168 valence electrons. The van der Waals surface area contributed by atoms with Crippen LogP contribution in [0.15, 0.2) is 59.3 Å². The summed E-state index contributed by atoms with van der Waals surface area (Å²) in [6.45, 7) is 1.01. The number of aromatic nitrogens is 4. The van der Waals surface area contributed by atoms with Gasteiger partial charge >= 0.3 is 0 Å². The van der Waals surface area contributed by atoms with Crippen LogP contribution in [0.5, 0.6) is 5.75 Å². The van der Waals surface area contributed by atoms with Crippen molar-refractivity contribution >= 4 is 11.6 Å². The van der Waals surface area contributed by atoms with Gasteiger partial charge in [0.15, 0.2) is 0 Å². The first-order valence-corrected chi connectivity index (χ1v) is 11.1. The summed E-state index contributed by atoms with van der Waals surface area (Å²) in [7, 11) is 1.62. The Morgan fingerprint density at radius 1 is 1.09 bits per heavy atom. The Bertz CT molecular complexity index is 1240. The first-order chi connectivity index (χ1) is 16.2. The third kappa shape index (κ3) is 4.64. The Kier molecular flexibility index (Phi) is 5.89. The standard InChI is InChI=1S/C25H25N5O3/c1-32-21-11-7-17(8-12-21)24-28-23(33-29-24)14-13-22(31)27-19-9-5-18(6-10-19)25-26-16-20-4-2-3-15-30(20)25/h5-12,16H,2-4,13-15H2,1H3,(H,27,31). The fraction of sp³-hybridized carbons (Fsp3) is 0.280. The topological polar surface area (TPSA) is 95.1 Å². The number of amides is 1. The second kappa shape index (κ2) is 9.28. The molecule has 0 saturated heterocycles. The smallest absolute Gasteiger partial charge is 0.227 e. The number of benzene rings is 2. The number of carbonyl (C=O) groups excluding carboxylic acids is 1. The van der Waals surface area contributed by atoms with Crippen LogP contribution in [0.1, 0.15) is 30.8 Å². The predicted molar refractivity (Wildman–Crippen MR) is 124 cm³/mol. The average Bonchev–Trinajstić information content (AvgIpc) is 3.51. The summed E-state index contributed by atoms with van der Waals surface area (Å²) >= 11 is 0. The van der Waals surface area contributed by atoms with E-state index in [0.29, 0.717) is 18.1 Å². The maximum atomic E-state index is 12.4. The lowest BCUT2D eigenvalue weighted by molar-refractivity contribution is -0.116. The van der Waals surface area contributed by atoms with Crippen molar-refractivity contribution in [1.29, 1.82) is 0 Å². The van der Waals surface area contributed by atoms with E-state index >= 15 is 0 Å². The summed E-state index contributed by atoms with van der Waals surface area (Å²) < 4.78 is 12.7. The second-order valence-corrected chi connectivity index (χ2v) is 8.05. The van der Waals surface area contributed by atoms with Crippen molar-refractivity contribution in [3.05, 3.63) is 66.3 Å². The van der Waals surface area contributed by atoms with Crippen molar-refractivity contribution < 1.29 is 14.1 Å². The van der Waals surface area contributed by atoms with Crippen molar-refractivity contribution in [3.8, 4) is 28.5 Å². The zero-order valence-corrected chi connectivity index (χ0v) is 18.5. The van der Waals surface area contributed by atoms with Crippen molar-refractivity contribution in [2.75, 3.05) is 12.4 Å². The summed E-state index contributed by atoms with van der Waals surface area (Å²) in [6.07, 6.45) is 6.09. The molecule has 5 rings (SSSR count). The highest BCUT2D eigenvalue weighted by Gasteiger charge is 2.15. The molecule has 3 heterocycles. The van der Waals surface area contributed by atoms with E-state index in [2.05, 4.69) is 25.0 Å². The van der Waals surface area contributed by atoms with Crippen LogP contribution in [0.25, 0.3) is 22.8 Å². The SMILES string of the molecule is COc1ccc(-c2noc(CCC(=O)Nc3ccc(-c4ncc5n4CCCC5)cc3)n2)cc1. The monoisotopic (exact) mass is 443 g/mol. The molecule has 0 aliphatic carbocycles. The van der Waals surface area contributed by atoms with Gasteiger partial charge in [-0.3, -0.25) is 4.79 Å². The summed E-state index contributed by atoms with van der Waals surface area (Å²) in [5, 5.41) is 6.93. The van der Waals surface area contributed by atoms with E-state index in [4.69, 9.17) is 9.26 Å². The van der Waals surface area contributed by atoms with E-state index in [0.717, 1.165) is 41.4 Å². The molecule has 33 heavy (non-hydrogen) atoms. The molecule has 1 N–H and O–H groups in total. The minimum Gasteiger partial charge on any atom is -0.497 e. The van der Waals surface area contributed by atoms with Crippen molar-refractivity contribution in [1.82, 2.24) is 19.7 Å². The van der Waals surface area contributed by atoms with Crippen LogP contribution in [0.2, 0.25) is 0 Å². The van der Waals surface area contributed by atoms with Gasteiger partial charge in [-0.1, -0.05) is 5.16 Å². The fourth-order valence-corrected chi connectivity index (χ4v) is 4.03. The number of nitrogens with zero attached hydrogens (tertiary/aromatic N) is 4. The van der Waals surface area contributed by atoms with E-state index in [1.165, 1.54) is 18.5 Å². The highest BCUT2D eigenvalue weighted by atomic mass is 16.5. The molecule has 2 aromatic heterocycles. The summed E-state index contributed by atoms with van der Waals surface area (Å²) in [5.41, 5.74) is 3.93. The molecule has 1 aliphatic heterocycles. The van der Waals surface area contributed by atoms with Crippen LogP contribution < -0.4 is 10.1 Å². The molecule has 0 unspecified atom stereocenters. The Morgan fingerprint density at radius 3 is 2.67 bits per heavy atom. The number of rotatable bonds is 7. The van der Waals surface area contributed by atoms with E-state index in [9.17, 15) is 4.79 Å². The van der Waals surface area contributed by atoms with Gasteiger partial charge in [-0.15, -0.1) is 0 Å². The molecule has 8 nitrogen and oxygen atoms in total. The van der Waals surface area contributed by atoms with Crippen molar-refractivity contribution in [2.24, 2.45) is 0 Å². The van der Waals surface area contributed by atoms with Gasteiger partial charge in [-0.05, 0) is 67.8 Å². The zero-order valence-electron chi connectivity index (χ0n) is 18.5. The van der Waals surface area contributed by atoms with Gasteiger partial charge in [0.25, 0.3) is 0 Å². The van der Waals surface area contributed by atoms with E-state index in [1.54, 1.807) is 7.11 Å². The number of anilines is 1. The van der Waals surface area contributed by atoms with Gasteiger partial charge in [-0.25, -0.2) is 4.98 Å². The van der Waals surface area contributed by atoms with Gasteiger partial charge in [0.2, 0.25) is 17.6 Å². The summed E-state index contributed by atoms with van der Waals surface area (Å²) in [6, 6.07) is 15.2. The molecule has 0 saturated carbocycles. The Labute approximate surface area is 191 Å². The number of fused-ring (bicyclic) bond motifs is 1. The number of imidazole rings is 1. The van der Waals surface area contributed by atoms with E-state index in [-0.39, 0.29) is 12.3 Å². The molecular weight excluding hydrogens is 418 g/mol. The summed E-state index contributed by atoms with van der Waals surface area (Å²) in [5.74, 6) is 2.56. The Balaban J connectivity index is 1.16. The third-order valence-corrected chi connectivity index (χ3v) is 5.81. The van der Waals surface area contributed by atoms with Crippen LogP contribution in [0.4, 0.5) is 5.69 Å². The third-order valence-electron chi connectivity index (χ3n) is 5.81. The van der Waals surface area contributed by atoms with Gasteiger partial charge in [0.1, 0.15) is 11.6 Å². The quantitative estimate of drug-likeness (QED) is 0.451. The number of hydrogen-bond donors (Lipinski definition) is 1. The number of carbonyl (C=O) groups is 1. The zero-order chi connectivity index (χ0) is 22.6. The lowest BCUT2D eigenvalue weighted by Crippen LogP contribution is -2.12.